The molecule has 0 radical (unpaired) electrons. The maximum absolute atomic E-state index is 12.6. The lowest BCUT2D eigenvalue weighted by Crippen LogP contribution is -2.33. The Hall–Kier alpha value is -2.90. The zero-order valence-electron chi connectivity index (χ0n) is 16.9. The van der Waals surface area contributed by atoms with E-state index in [0.29, 0.717) is 6.54 Å². The molecule has 0 saturated carbocycles. The van der Waals surface area contributed by atoms with Crippen molar-refractivity contribution in [2.45, 2.75) is 6.42 Å². The van der Waals surface area contributed by atoms with Gasteiger partial charge in [-0.2, -0.15) is 5.10 Å². The summed E-state index contributed by atoms with van der Waals surface area (Å²) in [7, 11) is 5.90. The number of fused-ring (bicyclic) bond motifs is 2. The van der Waals surface area contributed by atoms with Crippen LogP contribution in [0.4, 0.5) is 10.5 Å². The van der Waals surface area contributed by atoms with Crippen LogP contribution >= 0.6 is 11.3 Å². The van der Waals surface area contributed by atoms with Crippen molar-refractivity contribution < 1.29 is 4.79 Å². The summed E-state index contributed by atoms with van der Waals surface area (Å²) in [5.41, 5.74) is 2.80. The van der Waals surface area contributed by atoms with Gasteiger partial charge in [-0.1, -0.05) is 18.2 Å². The molecule has 0 aliphatic rings. The van der Waals surface area contributed by atoms with E-state index in [9.17, 15) is 4.79 Å². The number of hydrogen-bond donors (Lipinski definition) is 2. The molecule has 2 aromatic heterocycles. The van der Waals surface area contributed by atoms with Gasteiger partial charge >= 0.3 is 6.03 Å². The third-order valence-corrected chi connectivity index (χ3v) is 6.09. The van der Waals surface area contributed by atoms with E-state index in [4.69, 9.17) is 0 Å². The van der Waals surface area contributed by atoms with Crippen LogP contribution in [0.2, 0.25) is 0 Å². The maximum Gasteiger partial charge on any atom is 0.321 e. The summed E-state index contributed by atoms with van der Waals surface area (Å²) in [6.45, 7) is 1.66. The SMILES string of the molecule is CN(C)CCCN(C)C(=O)Nc1cc(-c2cc3ccccc3s2)c2[nH]ncc2c1. The highest BCUT2D eigenvalue weighted by molar-refractivity contribution is 7.22. The zero-order valence-corrected chi connectivity index (χ0v) is 17.7. The van der Waals surface area contributed by atoms with Crippen LogP contribution in [0.1, 0.15) is 6.42 Å². The minimum atomic E-state index is -0.103. The summed E-state index contributed by atoms with van der Waals surface area (Å²) >= 11 is 1.74. The van der Waals surface area contributed by atoms with Crippen LogP contribution in [0.3, 0.4) is 0 Å². The highest BCUT2D eigenvalue weighted by Gasteiger charge is 2.14. The summed E-state index contributed by atoms with van der Waals surface area (Å²) in [5, 5.41) is 12.5. The fourth-order valence-corrected chi connectivity index (χ4v) is 4.47. The lowest BCUT2D eigenvalue weighted by molar-refractivity contribution is 0.220. The first kappa shape index (κ1) is 19.4. The molecule has 6 nitrogen and oxygen atoms in total. The largest absolute Gasteiger partial charge is 0.328 e. The maximum atomic E-state index is 12.6. The van der Waals surface area contributed by atoms with Crippen molar-refractivity contribution in [3.8, 4) is 10.4 Å². The molecule has 29 heavy (non-hydrogen) atoms. The van der Waals surface area contributed by atoms with Crippen LogP contribution in [-0.4, -0.2) is 60.3 Å². The minimum absolute atomic E-state index is 0.103. The number of carbonyl (C=O) groups is 1. The molecule has 7 heteroatoms. The smallest absolute Gasteiger partial charge is 0.321 e. The van der Waals surface area contributed by atoms with E-state index in [1.54, 1.807) is 22.4 Å². The third-order valence-electron chi connectivity index (χ3n) is 4.94. The van der Waals surface area contributed by atoms with Gasteiger partial charge in [0.2, 0.25) is 0 Å². The Morgan fingerprint density at radius 2 is 1.93 bits per heavy atom. The molecule has 0 bridgehead atoms. The number of urea groups is 1. The number of nitrogens with one attached hydrogen (secondary N) is 2. The number of rotatable bonds is 6. The van der Waals surface area contributed by atoms with Gasteiger partial charge in [-0.25, -0.2) is 4.79 Å². The molecule has 0 unspecified atom stereocenters. The lowest BCUT2D eigenvalue weighted by atomic mass is 10.1. The molecule has 2 N–H and O–H groups in total. The van der Waals surface area contributed by atoms with Gasteiger partial charge in [-0.05, 0) is 56.7 Å². The second kappa shape index (κ2) is 8.23. The van der Waals surface area contributed by atoms with Gasteiger partial charge in [0.25, 0.3) is 0 Å². The van der Waals surface area contributed by atoms with Gasteiger partial charge < -0.3 is 15.1 Å². The Morgan fingerprint density at radius 3 is 2.72 bits per heavy atom. The Labute approximate surface area is 174 Å². The average molecular weight is 408 g/mol. The van der Waals surface area contributed by atoms with Crippen LogP contribution < -0.4 is 5.32 Å². The Bertz CT molecular complexity index is 1110. The fraction of sp³-hybridized carbons (Fsp3) is 0.273. The lowest BCUT2D eigenvalue weighted by Gasteiger charge is -2.19. The summed E-state index contributed by atoms with van der Waals surface area (Å²) in [5.74, 6) is 0. The second-order valence-electron chi connectivity index (χ2n) is 7.52. The molecule has 0 saturated heterocycles. The Morgan fingerprint density at radius 1 is 1.10 bits per heavy atom. The van der Waals surface area contributed by atoms with Gasteiger partial charge in [-0.3, -0.25) is 5.10 Å². The summed E-state index contributed by atoms with van der Waals surface area (Å²) in [4.78, 5) is 17.6. The van der Waals surface area contributed by atoms with E-state index in [1.807, 2.05) is 39.3 Å². The molecule has 2 aromatic carbocycles. The van der Waals surface area contributed by atoms with Crippen molar-refractivity contribution in [1.29, 1.82) is 0 Å². The van der Waals surface area contributed by atoms with E-state index < -0.39 is 0 Å². The van der Waals surface area contributed by atoms with Crippen LogP contribution in [0.5, 0.6) is 0 Å². The predicted octanol–water partition coefficient (Wildman–Crippen LogP) is 4.86. The van der Waals surface area contributed by atoms with Crippen LogP contribution in [0.25, 0.3) is 31.4 Å². The van der Waals surface area contributed by atoms with Crippen molar-refractivity contribution in [2.75, 3.05) is 39.5 Å². The highest BCUT2D eigenvalue weighted by Crippen LogP contribution is 2.38. The molecule has 0 fully saturated rings. The normalized spacial score (nSPS) is 11.4. The number of nitrogens with zero attached hydrogens (tertiary/aromatic N) is 3. The van der Waals surface area contributed by atoms with Gasteiger partial charge in [0.05, 0.1) is 11.7 Å². The first-order valence-corrected chi connectivity index (χ1v) is 10.5. The number of thiophene rings is 1. The number of hydrogen-bond acceptors (Lipinski definition) is 4. The van der Waals surface area contributed by atoms with E-state index in [2.05, 4.69) is 44.7 Å². The van der Waals surface area contributed by atoms with Crippen LogP contribution in [0, 0.1) is 0 Å². The molecule has 2 amide bonds. The second-order valence-corrected chi connectivity index (χ2v) is 8.60. The molecule has 0 atom stereocenters. The third kappa shape index (κ3) is 4.26. The number of anilines is 1. The van der Waals surface area contributed by atoms with Crippen LogP contribution in [-0.2, 0) is 0 Å². The number of aromatic amines is 1. The minimum Gasteiger partial charge on any atom is -0.328 e. The fourth-order valence-electron chi connectivity index (χ4n) is 3.38. The monoisotopic (exact) mass is 407 g/mol. The molecule has 0 aliphatic carbocycles. The number of H-pyrrole nitrogens is 1. The van der Waals surface area contributed by atoms with E-state index >= 15 is 0 Å². The highest BCUT2D eigenvalue weighted by atomic mass is 32.1. The molecule has 2 heterocycles. The zero-order chi connectivity index (χ0) is 20.4. The average Bonchev–Trinajstić information content (AvgIpc) is 3.33. The predicted molar refractivity (Wildman–Crippen MR) is 122 cm³/mol. The van der Waals surface area contributed by atoms with Crippen molar-refractivity contribution in [1.82, 2.24) is 20.0 Å². The van der Waals surface area contributed by atoms with Gasteiger partial charge in [0, 0.05) is 39.8 Å². The molecule has 150 valence electrons. The molecule has 0 aliphatic heterocycles. The summed E-state index contributed by atoms with van der Waals surface area (Å²) in [6.07, 6.45) is 2.73. The van der Waals surface area contributed by atoms with Crippen molar-refractivity contribution in [2.24, 2.45) is 0 Å². The Kier molecular flexibility index (Phi) is 5.51. The van der Waals surface area contributed by atoms with E-state index in [-0.39, 0.29) is 6.03 Å². The molecule has 4 rings (SSSR count). The number of amides is 2. The molecular formula is C22H25N5OS. The molecular weight excluding hydrogens is 382 g/mol. The van der Waals surface area contributed by atoms with Crippen molar-refractivity contribution >= 4 is 44.0 Å². The van der Waals surface area contributed by atoms with Crippen LogP contribution in [0.15, 0.2) is 48.7 Å². The van der Waals surface area contributed by atoms with E-state index in [0.717, 1.165) is 40.0 Å². The summed E-state index contributed by atoms with van der Waals surface area (Å²) < 4.78 is 1.24. The number of aromatic nitrogens is 2. The van der Waals surface area contributed by atoms with Crippen molar-refractivity contribution in [3.63, 3.8) is 0 Å². The topological polar surface area (TPSA) is 64.3 Å². The van der Waals surface area contributed by atoms with Gasteiger partial charge in [0.1, 0.15) is 0 Å². The standard InChI is InChI=1S/C22H25N5OS/c1-26(2)9-6-10-27(3)22(28)24-17-11-16-14-23-25-21(16)18(13-17)20-12-15-7-4-5-8-19(15)29-20/h4-5,7-8,11-14H,6,9-10H2,1-3H3,(H,23,25)(H,24,28). The molecule has 4 aromatic rings. The Balaban J connectivity index is 1.60. The van der Waals surface area contributed by atoms with Crippen molar-refractivity contribution in [3.05, 3.63) is 48.7 Å². The molecule has 0 spiro atoms. The van der Waals surface area contributed by atoms with Gasteiger partial charge in [0.15, 0.2) is 0 Å². The number of benzene rings is 2. The first-order chi connectivity index (χ1) is 14.0. The quantitative estimate of drug-likeness (QED) is 0.480. The first-order valence-electron chi connectivity index (χ1n) is 9.64. The van der Waals surface area contributed by atoms with Gasteiger partial charge in [-0.15, -0.1) is 11.3 Å². The summed E-state index contributed by atoms with van der Waals surface area (Å²) in [6, 6.07) is 14.4. The number of carbonyl (C=O) groups excluding carboxylic acids is 1. The van der Waals surface area contributed by atoms with E-state index in [1.165, 1.54) is 10.1 Å².